The Kier molecular flexibility index (Phi) is 12.7. The van der Waals surface area contributed by atoms with Crippen molar-refractivity contribution in [1.29, 1.82) is 0 Å². The molecular formula is C32H37NO9. The normalized spacial score (nSPS) is 11.6. The van der Waals surface area contributed by atoms with E-state index in [1.54, 1.807) is 6.07 Å². The number of aliphatic carboxylic acids is 3. The molecule has 0 saturated carbocycles. The molecule has 0 aliphatic rings. The van der Waals surface area contributed by atoms with Crippen molar-refractivity contribution in [3.05, 3.63) is 95.6 Å². The van der Waals surface area contributed by atoms with Crippen LogP contribution < -0.4 is 4.74 Å². The van der Waals surface area contributed by atoms with Crippen LogP contribution in [-0.4, -0.2) is 81.2 Å². The number of hydrogen-bond acceptors (Lipinski definition) is 7. The third-order valence-corrected chi connectivity index (χ3v) is 6.15. The molecule has 10 nitrogen and oxygen atoms in total. The molecule has 0 spiro atoms. The quantitative estimate of drug-likeness (QED) is 0.183. The minimum Gasteiger partial charge on any atom is -0.508 e. The number of phenols is 1. The average Bonchev–Trinajstić information content (AvgIpc) is 2.92. The molecule has 5 N–H and O–H groups in total. The van der Waals surface area contributed by atoms with E-state index in [0.29, 0.717) is 6.61 Å². The molecule has 3 rings (SSSR count). The molecule has 0 radical (unpaired) electrons. The lowest BCUT2D eigenvalue weighted by Gasteiger charge is -2.18. The summed E-state index contributed by atoms with van der Waals surface area (Å²) in [4.78, 5) is 32.6. The summed E-state index contributed by atoms with van der Waals surface area (Å²) < 4.78 is 5.85. The van der Waals surface area contributed by atoms with Gasteiger partial charge in [0.2, 0.25) is 0 Å². The first-order valence-corrected chi connectivity index (χ1v) is 13.2. The van der Waals surface area contributed by atoms with Crippen LogP contribution in [0.2, 0.25) is 0 Å². The van der Waals surface area contributed by atoms with Crippen LogP contribution in [0, 0.1) is 0 Å². The van der Waals surface area contributed by atoms with Crippen molar-refractivity contribution in [3.8, 4) is 11.5 Å². The van der Waals surface area contributed by atoms with Crippen molar-refractivity contribution in [1.82, 2.24) is 4.90 Å². The van der Waals surface area contributed by atoms with Gasteiger partial charge in [0.25, 0.3) is 0 Å². The van der Waals surface area contributed by atoms with Gasteiger partial charge in [-0.1, -0.05) is 61.5 Å². The zero-order valence-electron chi connectivity index (χ0n) is 23.9. The van der Waals surface area contributed by atoms with Crippen molar-refractivity contribution in [2.45, 2.75) is 31.8 Å². The Morgan fingerprint density at radius 3 is 1.83 bits per heavy atom. The molecule has 0 aromatic heterocycles. The van der Waals surface area contributed by atoms with Gasteiger partial charge in [-0.05, 0) is 72.6 Å². The van der Waals surface area contributed by atoms with Gasteiger partial charge in [-0.3, -0.25) is 9.59 Å². The average molecular weight is 580 g/mol. The fourth-order valence-electron chi connectivity index (χ4n) is 4.12. The molecule has 0 heterocycles. The Hall–Kier alpha value is -4.67. The fraction of sp³-hybridized carbons (Fsp3) is 0.281. The highest BCUT2D eigenvalue weighted by Crippen LogP contribution is 2.36. The molecule has 0 aliphatic heterocycles. The highest BCUT2D eigenvalue weighted by Gasteiger charge is 2.40. The zero-order chi connectivity index (χ0) is 31.3. The standard InChI is InChI=1S/C26H29NO2.C6H8O7/c1-4-25(20-9-6-5-7-10-20)26(22-11-8-12-23(28)19-22)21-13-15-24(16-14-21)29-18-17-27(2)3;7-3(8)1-6(13,5(11)12)2-4(9)10/h5-16,19,28H,4,17-18H2,1-3H3;13H,1-2H2,(H,7,8)(H,9,10)(H,11,12). The summed E-state index contributed by atoms with van der Waals surface area (Å²) >= 11 is 0. The van der Waals surface area contributed by atoms with Crippen LogP contribution in [0.5, 0.6) is 11.5 Å². The number of carbonyl (C=O) groups is 3. The van der Waals surface area contributed by atoms with Gasteiger partial charge in [-0.2, -0.15) is 0 Å². The molecule has 0 unspecified atom stereocenters. The summed E-state index contributed by atoms with van der Waals surface area (Å²) in [5.41, 5.74) is 2.95. The Balaban J connectivity index is 0.000000401. The van der Waals surface area contributed by atoms with Gasteiger partial charge >= 0.3 is 17.9 Å². The van der Waals surface area contributed by atoms with Crippen molar-refractivity contribution in [2.75, 3.05) is 27.2 Å². The first-order chi connectivity index (χ1) is 19.9. The number of carboxylic acids is 3. The smallest absolute Gasteiger partial charge is 0.336 e. The Morgan fingerprint density at radius 1 is 0.786 bits per heavy atom. The van der Waals surface area contributed by atoms with E-state index in [0.717, 1.165) is 35.4 Å². The molecule has 0 fully saturated rings. The van der Waals surface area contributed by atoms with Crippen LogP contribution in [0.25, 0.3) is 11.1 Å². The lowest BCUT2D eigenvalue weighted by Crippen LogP contribution is -2.42. The number of aromatic hydroxyl groups is 1. The highest BCUT2D eigenvalue weighted by atomic mass is 16.5. The van der Waals surface area contributed by atoms with Gasteiger partial charge in [0.05, 0.1) is 12.8 Å². The second-order valence-electron chi connectivity index (χ2n) is 9.78. The largest absolute Gasteiger partial charge is 0.508 e. The minimum absolute atomic E-state index is 0.271. The SMILES string of the molecule is CCC(=C(c1ccc(OCCN(C)C)cc1)c1cccc(O)c1)c1ccccc1.O=C(O)CC(O)(CC(=O)O)C(=O)O. The van der Waals surface area contributed by atoms with E-state index in [2.05, 4.69) is 54.3 Å². The van der Waals surface area contributed by atoms with E-state index in [1.165, 1.54) is 11.1 Å². The van der Waals surface area contributed by atoms with E-state index in [1.807, 2.05) is 44.4 Å². The molecule has 10 heteroatoms. The number of nitrogens with zero attached hydrogens (tertiary/aromatic N) is 1. The van der Waals surface area contributed by atoms with Crippen LogP contribution in [0.4, 0.5) is 0 Å². The molecule has 0 atom stereocenters. The van der Waals surface area contributed by atoms with Crippen LogP contribution >= 0.6 is 0 Å². The molecule has 0 saturated heterocycles. The van der Waals surface area contributed by atoms with Crippen molar-refractivity contribution in [3.63, 3.8) is 0 Å². The van der Waals surface area contributed by atoms with Crippen molar-refractivity contribution < 1.29 is 44.7 Å². The van der Waals surface area contributed by atoms with Gasteiger partial charge in [-0.15, -0.1) is 0 Å². The first-order valence-electron chi connectivity index (χ1n) is 13.2. The summed E-state index contributed by atoms with van der Waals surface area (Å²) in [6.45, 7) is 3.71. The van der Waals surface area contributed by atoms with Gasteiger partial charge < -0.3 is 35.2 Å². The van der Waals surface area contributed by atoms with Crippen LogP contribution in [0.1, 0.15) is 42.9 Å². The number of ether oxygens (including phenoxy) is 1. The van der Waals surface area contributed by atoms with Gasteiger partial charge in [-0.25, -0.2) is 4.79 Å². The molecule has 0 bridgehead atoms. The van der Waals surface area contributed by atoms with E-state index >= 15 is 0 Å². The fourth-order valence-corrected chi connectivity index (χ4v) is 4.12. The number of rotatable bonds is 13. The number of carboxylic acid groups (broad SMARTS) is 3. The predicted molar refractivity (Wildman–Crippen MR) is 158 cm³/mol. The maximum atomic E-state index is 10.3. The highest BCUT2D eigenvalue weighted by molar-refractivity contribution is 5.98. The van der Waals surface area contributed by atoms with Crippen molar-refractivity contribution >= 4 is 29.1 Å². The van der Waals surface area contributed by atoms with E-state index in [4.69, 9.17) is 25.2 Å². The number of hydrogen-bond donors (Lipinski definition) is 5. The zero-order valence-corrected chi connectivity index (χ0v) is 23.9. The summed E-state index contributed by atoms with van der Waals surface area (Å²) in [7, 11) is 4.07. The van der Waals surface area contributed by atoms with E-state index in [-0.39, 0.29) is 5.75 Å². The minimum atomic E-state index is -2.74. The number of allylic oxidation sites excluding steroid dienone is 1. The monoisotopic (exact) mass is 579 g/mol. The van der Waals surface area contributed by atoms with Gasteiger partial charge in [0.1, 0.15) is 18.1 Å². The second kappa shape index (κ2) is 15.9. The molecule has 0 aliphatic carbocycles. The topological polar surface area (TPSA) is 165 Å². The number of likely N-dealkylation sites (N-methyl/N-ethyl adjacent to an activating group) is 1. The third-order valence-electron chi connectivity index (χ3n) is 6.15. The molecule has 3 aromatic carbocycles. The summed E-state index contributed by atoms with van der Waals surface area (Å²) in [6, 6.07) is 26.2. The maximum Gasteiger partial charge on any atom is 0.336 e. The third kappa shape index (κ3) is 10.4. The summed E-state index contributed by atoms with van der Waals surface area (Å²) in [6.07, 6.45) is -1.40. The Bertz CT molecular complexity index is 1350. The molecule has 0 amide bonds. The second-order valence-corrected chi connectivity index (χ2v) is 9.78. The number of benzene rings is 3. The van der Waals surface area contributed by atoms with Gasteiger partial charge in [0, 0.05) is 6.54 Å². The summed E-state index contributed by atoms with van der Waals surface area (Å²) in [5, 5.41) is 43.9. The predicted octanol–water partition coefficient (Wildman–Crippen LogP) is 4.45. The lowest BCUT2D eigenvalue weighted by molar-refractivity contribution is -0.170. The number of aliphatic hydroxyl groups is 1. The maximum absolute atomic E-state index is 10.3. The molecule has 42 heavy (non-hydrogen) atoms. The van der Waals surface area contributed by atoms with Crippen LogP contribution in [0.15, 0.2) is 78.9 Å². The van der Waals surface area contributed by atoms with Crippen LogP contribution in [0.3, 0.4) is 0 Å². The molecule has 3 aromatic rings. The molecular weight excluding hydrogens is 542 g/mol. The Labute approximate surface area is 244 Å². The first kappa shape index (κ1) is 33.5. The number of phenolic OH excluding ortho intramolecular Hbond substituents is 1. The van der Waals surface area contributed by atoms with Crippen molar-refractivity contribution in [2.24, 2.45) is 0 Å². The Morgan fingerprint density at radius 2 is 1.36 bits per heavy atom. The van der Waals surface area contributed by atoms with Crippen LogP contribution in [-0.2, 0) is 14.4 Å². The van der Waals surface area contributed by atoms with E-state index in [9.17, 15) is 19.5 Å². The molecule has 224 valence electrons. The summed E-state index contributed by atoms with van der Waals surface area (Å²) in [5.74, 6) is -3.88. The van der Waals surface area contributed by atoms with Gasteiger partial charge in [0.15, 0.2) is 5.60 Å². The lowest BCUT2D eigenvalue weighted by atomic mass is 9.88. The van der Waals surface area contributed by atoms with E-state index < -0.39 is 36.4 Å².